The number of carboxylic acid groups (broad SMARTS) is 1. The molecule has 0 fully saturated rings. The van der Waals surface area contributed by atoms with Crippen LogP contribution >= 0.6 is 0 Å². The minimum Gasteiger partial charge on any atom is -0.529 e. The van der Waals surface area contributed by atoms with E-state index >= 15 is 0 Å². The van der Waals surface area contributed by atoms with Crippen molar-refractivity contribution in [2.24, 2.45) is 0 Å². The van der Waals surface area contributed by atoms with E-state index in [1.165, 1.54) is 59.5 Å². The van der Waals surface area contributed by atoms with Gasteiger partial charge in [-0.1, -0.05) is 18.2 Å². The highest BCUT2D eigenvalue weighted by molar-refractivity contribution is 5.93. The molecule has 0 unspecified atom stereocenters. The number of rotatable bonds is 7. The van der Waals surface area contributed by atoms with Crippen molar-refractivity contribution < 1.29 is 32.7 Å². The quantitative estimate of drug-likeness (QED) is 0.260. The first-order valence-corrected chi connectivity index (χ1v) is 10.4. The summed E-state index contributed by atoms with van der Waals surface area (Å²) in [4.78, 5) is 26.9. The molecule has 3 aromatic carbocycles. The lowest BCUT2D eigenvalue weighted by molar-refractivity contribution is -0.384. The molecule has 0 radical (unpaired) electrons. The standard InChI is InChI=1S/C24H16F3N5O5/c25-24(26,27)37-21-12-10-17(11-13-21)30-15-28-22(29-30)14-3-16-1-4-18(5-2-16)31(23(33)34)19-6-8-20(9-7-19)32(35)36/h1-15H,(H,33,34)/p-1/b14-3+. The molecule has 0 atom stereocenters. The fourth-order valence-electron chi connectivity index (χ4n) is 3.27. The van der Waals surface area contributed by atoms with Gasteiger partial charge in [-0.15, -0.1) is 18.3 Å². The SMILES string of the molecule is O=C([O-])N(c1ccc(/C=C/c2ncn(-c3ccc(OC(F)(F)F)cc3)n2)cc1)c1ccc([N+](=O)[O-])cc1. The number of halogens is 3. The van der Waals surface area contributed by atoms with Crippen LogP contribution in [-0.4, -0.2) is 32.1 Å². The summed E-state index contributed by atoms with van der Waals surface area (Å²) < 4.78 is 42.1. The minimum absolute atomic E-state index is 0.175. The van der Waals surface area contributed by atoms with Gasteiger partial charge < -0.3 is 14.6 Å². The summed E-state index contributed by atoms with van der Waals surface area (Å²) in [7, 11) is 0. The average molecular weight is 510 g/mol. The number of hydrogen-bond acceptors (Lipinski definition) is 7. The molecular formula is C24H15F3N5O5-. The second-order valence-corrected chi connectivity index (χ2v) is 7.39. The maximum atomic E-state index is 12.3. The number of hydrogen-bond donors (Lipinski definition) is 0. The summed E-state index contributed by atoms with van der Waals surface area (Å²) in [6.45, 7) is 0. The Balaban J connectivity index is 1.45. The van der Waals surface area contributed by atoms with E-state index in [1.807, 2.05) is 0 Å². The van der Waals surface area contributed by atoms with Crippen molar-refractivity contribution in [1.82, 2.24) is 14.8 Å². The van der Waals surface area contributed by atoms with Gasteiger partial charge in [0.05, 0.1) is 10.6 Å². The summed E-state index contributed by atoms with van der Waals surface area (Å²) in [5.74, 6) is -0.0345. The van der Waals surface area contributed by atoms with Crippen LogP contribution in [-0.2, 0) is 0 Å². The summed E-state index contributed by atoms with van der Waals surface area (Å²) in [6.07, 6.45) is -1.62. The third kappa shape index (κ3) is 6.28. The van der Waals surface area contributed by atoms with E-state index in [0.717, 1.165) is 17.0 Å². The summed E-state index contributed by atoms with van der Waals surface area (Å²) in [5, 5.41) is 26.8. The highest BCUT2D eigenvalue weighted by Crippen LogP contribution is 2.28. The molecule has 0 aliphatic rings. The molecule has 1 amide bonds. The Labute approximate surface area is 206 Å². The second kappa shape index (κ2) is 10.2. The fourth-order valence-corrected chi connectivity index (χ4v) is 3.27. The monoisotopic (exact) mass is 510 g/mol. The molecule has 0 aliphatic carbocycles. The van der Waals surface area contributed by atoms with Gasteiger partial charge in [-0.25, -0.2) is 9.67 Å². The zero-order chi connectivity index (χ0) is 26.6. The number of nitro benzene ring substituents is 1. The maximum absolute atomic E-state index is 12.3. The number of amides is 1. The van der Waals surface area contributed by atoms with E-state index in [-0.39, 0.29) is 22.8 Å². The third-order valence-electron chi connectivity index (χ3n) is 4.92. The molecule has 37 heavy (non-hydrogen) atoms. The van der Waals surface area contributed by atoms with Gasteiger partial charge in [-0.3, -0.25) is 15.0 Å². The van der Waals surface area contributed by atoms with E-state index in [4.69, 9.17) is 0 Å². The number of carbonyl (C=O) groups excluding carboxylic acids is 1. The first kappa shape index (κ1) is 24.9. The molecule has 0 N–H and O–H groups in total. The van der Waals surface area contributed by atoms with Crippen LogP contribution in [0.25, 0.3) is 17.8 Å². The van der Waals surface area contributed by atoms with E-state index in [2.05, 4.69) is 14.8 Å². The van der Waals surface area contributed by atoms with Gasteiger partial charge in [0, 0.05) is 23.5 Å². The van der Waals surface area contributed by atoms with Gasteiger partial charge in [0.1, 0.15) is 18.2 Å². The Morgan fingerprint density at radius 1 is 0.946 bits per heavy atom. The van der Waals surface area contributed by atoms with E-state index in [1.54, 1.807) is 24.3 Å². The van der Waals surface area contributed by atoms with Crippen LogP contribution in [0.4, 0.5) is 35.0 Å². The normalized spacial score (nSPS) is 11.4. The van der Waals surface area contributed by atoms with Crippen molar-refractivity contribution in [3.8, 4) is 11.4 Å². The first-order chi connectivity index (χ1) is 17.6. The predicted molar refractivity (Wildman–Crippen MR) is 124 cm³/mol. The molecule has 0 spiro atoms. The lowest BCUT2D eigenvalue weighted by Crippen LogP contribution is -2.37. The van der Waals surface area contributed by atoms with Gasteiger partial charge in [-0.2, -0.15) is 0 Å². The Hall–Kier alpha value is -5.20. The maximum Gasteiger partial charge on any atom is 0.573 e. The van der Waals surface area contributed by atoms with Crippen LogP contribution in [0.1, 0.15) is 11.4 Å². The topological polar surface area (TPSA) is 126 Å². The molecule has 4 rings (SSSR count). The Bertz CT molecular complexity index is 1430. The molecule has 0 aliphatic heterocycles. The number of carbonyl (C=O) groups is 1. The highest BCUT2D eigenvalue weighted by atomic mass is 19.4. The van der Waals surface area contributed by atoms with Crippen LogP contribution in [0.3, 0.4) is 0 Å². The van der Waals surface area contributed by atoms with Crippen molar-refractivity contribution in [3.63, 3.8) is 0 Å². The third-order valence-corrected chi connectivity index (χ3v) is 4.92. The number of non-ortho nitro benzene ring substituents is 1. The average Bonchev–Trinajstić information content (AvgIpc) is 3.32. The molecular weight excluding hydrogens is 495 g/mol. The summed E-state index contributed by atoms with van der Waals surface area (Å²) in [6, 6.07) is 16.5. The van der Waals surface area contributed by atoms with Crippen molar-refractivity contribution >= 4 is 35.3 Å². The van der Waals surface area contributed by atoms with Gasteiger partial charge in [0.2, 0.25) is 0 Å². The Kier molecular flexibility index (Phi) is 6.86. The first-order valence-electron chi connectivity index (χ1n) is 10.4. The van der Waals surface area contributed by atoms with Crippen molar-refractivity contribution in [3.05, 3.63) is 101 Å². The number of ether oxygens (including phenoxy) is 1. The Morgan fingerprint density at radius 2 is 1.54 bits per heavy atom. The lowest BCUT2D eigenvalue weighted by atomic mass is 10.1. The van der Waals surface area contributed by atoms with Gasteiger partial charge >= 0.3 is 6.36 Å². The van der Waals surface area contributed by atoms with Crippen LogP contribution in [0.2, 0.25) is 0 Å². The van der Waals surface area contributed by atoms with Gasteiger partial charge in [0.15, 0.2) is 5.82 Å². The van der Waals surface area contributed by atoms with E-state index in [0.29, 0.717) is 17.1 Å². The molecule has 188 valence electrons. The number of benzene rings is 3. The molecule has 13 heteroatoms. The number of alkyl halides is 3. The minimum atomic E-state index is -4.78. The van der Waals surface area contributed by atoms with Crippen LogP contribution in [0.5, 0.6) is 5.75 Å². The summed E-state index contributed by atoms with van der Waals surface area (Å²) in [5.41, 5.74) is 1.44. The molecule has 1 heterocycles. The largest absolute Gasteiger partial charge is 0.573 e. The zero-order valence-corrected chi connectivity index (χ0v) is 18.6. The molecule has 10 nitrogen and oxygen atoms in total. The number of nitro groups is 1. The van der Waals surface area contributed by atoms with E-state index in [9.17, 15) is 33.2 Å². The number of anilines is 2. The fraction of sp³-hybridized carbons (Fsp3) is 0.0417. The lowest BCUT2D eigenvalue weighted by Gasteiger charge is -2.25. The molecule has 1 aromatic heterocycles. The van der Waals surface area contributed by atoms with Crippen molar-refractivity contribution in [2.75, 3.05) is 4.90 Å². The molecule has 0 bridgehead atoms. The molecule has 0 saturated heterocycles. The second-order valence-electron chi connectivity index (χ2n) is 7.39. The van der Waals surface area contributed by atoms with Gasteiger partial charge in [-0.05, 0) is 60.2 Å². The zero-order valence-electron chi connectivity index (χ0n) is 18.6. The highest BCUT2D eigenvalue weighted by Gasteiger charge is 2.31. The molecule has 0 saturated carbocycles. The van der Waals surface area contributed by atoms with Gasteiger partial charge in [0.25, 0.3) is 5.69 Å². The van der Waals surface area contributed by atoms with E-state index < -0.39 is 17.4 Å². The van der Waals surface area contributed by atoms with Crippen LogP contribution in [0.15, 0.2) is 79.1 Å². The summed E-state index contributed by atoms with van der Waals surface area (Å²) >= 11 is 0. The smallest absolute Gasteiger partial charge is 0.529 e. The molecule has 4 aromatic rings. The van der Waals surface area contributed by atoms with Crippen LogP contribution < -0.4 is 14.7 Å². The number of nitrogens with zero attached hydrogens (tertiary/aromatic N) is 5. The number of aromatic nitrogens is 3. The van der Waals surface area contributed by atoms with Crippen molar-refractivity contribution in [2.45, 2.75) is 6.36 Å². The van der Waals surface area contributed by atoms with Crippen molar-refractivity contribution in [1.29, 1.82) is 0 Å². The Morgan fingerprint density at radius 3 is 2.08 bits per heavy atom. The van der Waals surface area contributed by atoms with Crippen LogP contribution in [0, 0.1) is 10.1 Å². The predicted octanol–water partition coefficient (Wildman–Crippen LogP) is 4.73.